The third-order valence-electron chi connectivity index (χ3n) is 3.35. The van der Waals surface area contributed by atoms with Crippen molar-refractivity contribution in [2.75, 3.05) is 5.73 Å². The second-order valence-corrected chi connectivity index (χ2v) is 4.72. The van der Waals surface area contributed by atoms with Crippen LogP contribution in [0.3, 0.4) is 0 Å². The van der Waals surface area contributed by atoms with Gasteiger partial charge in [-0.1, -0.05) is 25.1 Å². The van der Waals surface area contributed by atoms with Crippen LogP contribution < -0.4 is 5.73 Å². The zero-order valence-corrected chi connectivity index (χ0v) is 11.1. The summed E-state index contributed by atoms with van der Waals surface area (Å²) >= 11 is 0. The average Bonchev–Trinajstić information content (AvgIpc) is 2.81. The van der Waals surface area contributed by atoms with Crippen molar-refractivity contribution in [1.29, 1.82) is 0 Å². The van der Waals surface area contributed by atoms with Crippen molar-refractivity contribution in [1.82, 2.24) is 4.98 Å². The van der Waals surface area contributed by atoms with Gasteiger partial charge >= 0.3 is 0 Å². The third kappa shape index (κ3) is 1.97. The van der Waals surface area contributed by atoms with Gasteiger partial charge in [0.2, 0.25) is 5.89 Å². The molecular formula is C16H16N2O. The summed E-state index contributed by atoms with van der Waals surface area (Å²) < 4.78 is 5.95. The van der Waals surface area contributed by atoms with Crippen LogP contribution in [0.1, 0.15) is 18.1 Å². The van der Waals surface area contributed by atoms with E-state index in [1.807, 2.05) is 30.3 Å². The molecule has 2 aromatic carbocycles. The quantitative estimate of drug-likeness (QED) is 0.702. The summed E-state index contributed by atoms with van der Waals surface area (Å²) in [6.07, 6.45) is 0.879. The van der Waals surface area contributed by atoms with E-state index in [4.69, 9.17) is 10.2 Å². The van der Waals surface area contributed by atoms with E-state index in [0.29, 0.717) is 5.89 Å². The number of hydrogen-bond donors (Lipinski definition) is 1. The lowest BCUT2D eigenvalue weighted by molar-refractivity contribution is 0.615. The number of aryl methyl sites for hydroxylation is 2. The number of benzene rings is 2. The molecule has 96 valence electrons. The molecule has 0 spiro atoms. The van der Waals surface area contributed by atoms with Crippen molar-refractivity contribution >= 4 is 16.8 Å². The number of nitrogen functional groups attached to an aromatic ring is 1. The number of hydrogen-bond acceptors (Lipinski definition) is 3. The van der Waals surface area contributed by atoms with Gasteiger partial charge in [0.1, 0.15) is 5.52 Å². The maximum Gasteiger partial charge on any atom is 0.227 e. The first kappa shape index (κ1) is 11.8. The highest BCUT2D eigenvalue weighted by atomic mass is 16.3. The van der Waals surface area contributed by atoms with Crippen LogP contribution >= 0.6 is 0 Å². The molecule has 0 unspecified atom stereocenters. The topological polar surface area (TPSA) is 52.0 Å². The summed E-state index contributed by atoms with van der Waals surface area (Å²) in [6, 6.07) is 11.9. The van der Waals surface area contributed by atoms with Crippen molar-refractivity contribution in [3.8, 4) is 11.5 Å². The molecule has 3 heteroatoms. The van der Waals surface area contributed by atoms with Gasteiger partial charge in [0, 0.05) is 11.3 Å². The largest absolute Gasteiger partial charge is 0.436 e. The summed E-state index contributed by atoms with van der Waals surface area (Å²) in [4.78, 5) is 4.57. The van der Waals surface area contributed by atoms with Crippen LogP contribution in [-0.2, 0) is 6.42 Å². The Labute approximate surface area is 112 Å². The van der Waals surface area contributed by atoms with E-state index >= 15 is 0 Å². The first-order chi connectivity index (χ1) is 9.19. The lowest BCUT2D eigenvalue weighted by atomic mass is 10.1. The van der Waals surface area contributed by atoms with Crippen LogP contribution in [0.25, 0.3) is 22.6 Å². The molecule has 3 rings (SSSR count). The summed E-state index contributed by atoms with van der Waals surface area (Å²) in [6.45, 7) is 4.14. The fourth-order valence-electron chi connectivity index (χ4n) is 2.32. The Morgan fingerprint density at radius 3 is 2.74 bits per heavy atom. The minimum absolute atomic E-state index is 0.661. The van der Waals surface area contributed by atoms with Gasteiger partial charge in [-0.05, 0) is 42.7 Å². The lowest BCUT2D eigenvalue weighted by Crippen LogP contribution is -1.88. The monoisotopic (exact) mass is 252 g/mol. The Morgan fingerprint density at radius 2 is 2.00 bits per heavy atom. The molecular weight excluding hydrogens is 236 g/mol. The molecule has 3 aromatic rings. The molecule has 0 fully saturated rings. The van der Waals surface area contributed by atoms with E-state index in [9.17, 15) is 0 Å². The predicted octanol–water partition coefficient (Wildman–Crippen LogP) is 3.95. The van der Waals surface area contributed by atoms with Crippen LogP contribution in [0.5, 0.6) is 0 Å². The number of oxazole rings is 1. The fourth-order valence-corrected chi connectivity index (χ4v) is 2.32. The summed E-state index contributed by atoms with van der Waals surface area (Å²) in [5.74, 6) is 0.661. The minimum atomic E-state index is 0.661. The molecule has 2 N–H and O–H groups in total. The zero-order valence-electron chi connectivity index (χ0n) is 11.1. The van der Waals surface area contributed by atoms with E-state index < -0.39 is 0 Å². The number of rotatable bonds is 2. The Kier molecular flexibility index (Phi) is 2.75. The van der Waals surface area contributed by atoms with Gasteiger partial charge in [-0.25, -0.2) is 4.98 Å². The molecule has 0 saturated carbocycles. The number of fused-ring (bicyclic) bond motifs is 1. The van der Waals surface area contributed by atoms with Crippen molar-refractivity contribution in [2.45, 2.75) is 20.3 Å². The zero-order chi connectivity index (χ0) is 13.4. The van der Waals surface area contributed by atoms with Crippen LogP contribution in [0.15, 0.2) is 40.8 Å². The van der Waals surface area contributed by atoms with Crippen LogP contribution in [-0.4, -0.2) is 4.98 Å². The molecule has 0 radical (unpaired) electrons. The smallest absolute Gasteiger partial charge is 0.227 e. The number of nitrogens with zero attached hydrogens (tertiary/aromatic N) is 1. The molecule has 0 bridgehead atoms. The average molecular weight is 252 g/mol. The van der Waals surface area contributed by atoms with Crippen molar-refractivity contribution in [2.24, 2.45) is 0 Å². The highest BCUT2D eigenvalue weighted by Gasteiger charge is 2.13. The molecule has 0 amide bonds. The maximum atomic E-state index is 5.95. The van der Waals surface area contributed by atoms with Crippen LogP contribution in [0.4, 0.5) is 5.69 Å². The Bertz CT molecular complexity index is 744. The molecule has 0 saturated heterocycles. The molecule has 1 aromatic heterocycles. The van der Waals surface area contributed by atoms with Crippen LogP contribution in [0, 0.1) is 6.92 Å². The van der Waals surface area contributed by atoms with Gasteiger partial charge in [0.05, 0.1) is 0 Å². The molecule has 3 nitrogen and oxygen atoms in total. The standard InChI is InChI=1S/C16H16N2O/c1-3-11-8-12(17)9-14-15(11)19-16(18-14)13-7-5-4-6-10(13)2/h4-9H,3,17H2,1-2H3. The Hall–Kier alpha value is -2.29. The SMILES string of the molecule is CCc1cc(N)cc2nc(-c3ccccc3C)oc12. The highest BCUT2D eigenvalue weighted by molar-refractivity contribution is 5.83. The number of aromatic nitrogens is 1. The van der Waals surface area contributed by atoms with Crippen molar-refractivity contribution in [3.63, 3.8) is 0 Å². The van der Waals surface area contributed by atoms with E-state index in [0.717, 1.165) is 39.9 Å². The van der Waals surface area contributed by atoms with Gasteiger partial charge in [-0.15, -0.1) is 0 Å². The number of anilines is 1. The van der Waals surface area contributed by atoms with Gasteiger partial charge in [-0.3, -0.25) is 0 Å². The second-order valence-electron chi connectivity index (χ2n) is 4.72. The molecule has 0 aliphatic rings. The van der Waals surface area contributed by atoms with Gasteiger partial charge < -0.3 is 10.2 Å². The lowest BCUT2D eigenvalue weighted by Gasteiger charge is -2.00. The van der Waals surface area contributed by atoms with E-state index in [2.05, 4.69) is 24.9 Å². The minimum Gasteiger partial charge on any atom is -0.436 e. The van der Waals surface area contributed by atoms with Crippen LogP contribution in [0.2, 0.25) is 0 Å². The van der Waals surface area contributed by atoms with Gasteiger partial charge in [-0.2, -0.15) is 0 Å². The first-order valence-corrected chi connectivity index (χ1v) is 6.44. The van der Waals surface area contributed by atoms with Crippen molar-refractivity contribution < 1.29 is 4.42 Å². The van der Waals surface area contributed by atoms with Crippen molar-refractivity contribution in [3.05, 3.63) is 47.5 Å². The van der Waals surface area contributed by atoms with E-state index in [-0.39, 0.29) is 0 Å². The fraction of sp³-hybridized carbons (Fsp3) is 0.188. The summed E-state index contributed by atoms with van der Waals surface area (Å²) in [5.41, 5.74) is 11.6. The first-order valence-electron chi connectivity index (χ1n) is 6.44. The van der Waals surface area contributed by atoms with Gasteiger partial charge in [0.25, 0.3) is 0 Å². The number of nitrogens with two attached hydrogens (primary N) is 1. The van der Waals surface area contributed by atoms with Gasteiger partial charge in [0.15, 0.2) is 5.58 Å². The summed E-state index contributed by atoms with van der Waals surface area (Å²) in [5, 5.41) is 0. The van der Waals surface area contributed by atoms with E-state index in [1.165, 1.54) is 0 Å². The summed E-state index contributed by atoms with van der Waals surface area (Å²) in [7, 11) is 0. The molecule has 0 aliphatic heterocycles. The normalized spacial score (nSPS) is 11.1. The maximum absolute atomic E-state index is 5.95. The molecule has 0 aliphatic carbocycles. The molecule has 0 atom stereocenters. The molecule has 1 heterocycles. The Balaban J connectivity index is 2.25. The third-order valence-corrected chi connectivity index (χ3v) is 3.35. The predicted molar refractivity (Wildman–Crippen MR) is 78.0 cm³/mol. The van der Waals surface area contributed by atoms with E-state index in [1.54, 1.807) is 0 Å². The highest BCUT2D eigenvalue weighted by Crippen LogP contribution is 2.30. The second kappa shape index (κ2) is 4.43. The Morgan fingerprint density at radius 1 is 1.21 bits per heavy atom. The molecule has 19 heavy (non-hydrogen) atoms.